The number of halogens is 2. The van der Waals surface area contributed by atoms with Crippen LogP contribution in [0.2, 0.25) is 5.02 Å². The van der Waals surface area contributed by atoms with Gasteiger partial charge in [-0.3, -0.25) is 4.79 Å². The van der Waals surface area contributed by atoms with E-state index in [-0.39, 0.29) is 16.6 Å². The third kappa shape index (κ3) is 2.94. The highest BCUT2D eigenvalue weighted by molar-refractivity contribution is 7.89. The van der Waals surface area contributed by atoms with Crippen LogP contribution in [0.5, 0.6) is 0 Å². The number of amides is 1. The van der Waals surface area contributed by atoms with Crippen LogP contribution >= 0.6 is 11.6 Å². The van der Waals surface area contributed by atoms with Crippen LogP contribution in [0.1, 0.15) is 30.1 Å². The minimum Gasteiger partial charge on any atom is -0.336 e. The van der Waals surface area contributed by atoms with E-state index < -0.39 is 26.6 Å². The fourth-order valence-corrected chi connectivity index (χ4v) is 2.97. The van der Waals surface area contributed by atoms with Gasteiger partial charge in [-0.1, -0.05) is 11.6 Å². The van der Waals surface area contributed by atoms with E-state index in [0.29, 0.717) is 6.54 Å². The number of nitrogens with zero attached hydrogens (tertiary/aromatic N) is 1. The number of sulfonamides is 1. The summed E-state index contributed by atoms with van der Waals surface area (Å²) >= 11 is 5.76. The lowest BCUT2D eigenvalue weighted by molar-refractivity contribution is 0.0747. The molecule has 20 heavy (non-hydrogen) atoms. The van der Waals surface area contributed by atoms with Crippen molar-refractivity contribution in [1.29, 1.82) is 0 Å². The number of nitrogens with two attached hydrogens (primary N) is 1. The van der Waals surface area contributed by atoms with Gasteiger partial charge in [-0.25, -0.2) is 17.9 Å². The monoisotopic (exact) mass is 320 g/mol. The molecule has 0 bridgehead atoms. The Balaban J connectivity index is 2.51. The van der Waals surface area contributed by atoms with Gasteiger partial charge in [-0.05, 0) is 31.9 Å². The van der Waals surface area contributed by atoms with Crippen molar-refractivity contribution in [3.63, 3.8) is 0 Å². The molecule has 1 aromatic rings. The first-order valence-corrected chi connectivity index (χ1v) is 8.01. The number of benzene rings is 1. The van der Waals surface area contributed by atoms with E-state index in [1.807, 2.05) is 0 Å². The third-order valence-electron chi connectivity index (χ3n) is 3.13. The maximum absolute atomic E-state index is 14.2. The molecule has 8 heteroatoms. The molecule has 2 rings (SSSR count). The molecule has 1 saturated carbocycles. The fraction of sp³-hybridized carbons (Fsp3) is 0.417. The van der Waals surface area contributed by atoms with Crippen LogP contribution in [0, 0.1) is 5.82 Å². The third-order valence-corrected chi connectivity index (χ3v) is 4.26. The molecule has 1 aliphatic rings. The van der Waals surface area contributed by atoms with Crippen molar-refractivity contribution >= 4 is 27.5 Å². The maximum Gasteiger partial charge on any atom is 0.257 e. The number of hydrogen-bond donors (Lipinski definition) is 1. The summed E-state index contributed by atoms with van der Waals surface area (Å²) in [6.45, 7) is 2.19. The van der Waals surface area contributed by atoms with Gasteiger partial charge in [0.15, 0.2) is 5.82 Å². The van der Waals surface area contributed by atoms with E-state index in [2.05, 4.69) is 0 Å². The van der Waals surface area contributed by atoms with E-state index in [9.17, 15) is 17.6 Å². The van der Waals surface area contributed by atoms with E-state index in [0.717, 1.165) is 25.0 Å². The van der Waals surface area contributed by atoms with Crippen LogP contribution in [0.15, 0.2) is 17.0 Å². The Bertz CT molecular complexity index is 659. The highest BCUT2D eigenvalue weighted by Crippen LogP contribution is 2.30. The van der Waals surface area contributed by atoms with Crippen molar-refractivity contribution in [2.75, 3.05) is 6.54 Å². The molecule has 0 radical (unpaired) electrons. The van der Waals surface area contributed by atoms with Crippen molar-refractivity contribution in [2.45, 2.75) is 30.7 Å². The normalized spacial score (nSPS) is 15.2. The summed E-state index contributed by atoms with van der Waals surface area (Å²) in [5, 5.41) is 4.87. The average molecular weight is 321 g/mol. The Labute approximate surface area is 121 Å². The van der Waals surface area contributed by atoms with Crippen molar-refractivity contribution < 1.29 is 17.6 Å². The summed E-state index contributed by atoms with van der Waals surface area (Å²) in [6, 6.07) is 2.11. The number of carbonyl (C=O) groups is 1. The molecule has 0 atom stereocenters. The Hall–Kier alpha value is -1.18. The predicted molar refractivity (Wildman–Crippen MR) is 72.5 cm³/mol. The van der Waals surface area contributed by atoms with Gasteiger partial charge in [0.2, 0.25) is 10.0 Å². The van der Waals surface area contributed by atoms with Crippen molar-refractivity contribution in [2.24, 2.45) is 5.14 Å². The molecule has 0 saturated heterocycles. The van der Waals surface area contributed by atoms with Crippen molar-refractivity contribution in [3.05, 3.63) is 28.5 Å². The molecular formula is C12H14ClFN2O3S. The second-order valence-electron chi connectivity index (χ2n) is 4.63. The molecule has 1 aliphatic carbocycles. The summed E-state index contributed by atoms with van der Waals surface area (Å²) in [5.74, 6) is -1.72. The van der Waals surface area contributed by atoms with Crippen LogP contribution in [0.25, 0.3) is 0 Å². The molecular weight excluding hydrogens is 307 g/mol. The van der Waals surface area contributed by atoms with Crippen LogP contribution in [-0.4, -0.2) is 31.8 Å². The smallest absolute Gasteiger partial charge is 0.257 e. The summed E-state index contributed by atoms with van der Waals surface area (Å²) in [7, 11) is -4.28. The van der Waals surface area contributed by atoms with Crippen LogP contribution in [0.3, 0.4) is 0 Å². The second kappa shape index (κ2) is 5.31. The molecule has 0 unspecified atom stereocenters. The Morgan fingerprint density at radius 3 is 2.55 bits per heavy atom. The first-order valence-electron chi connectivity index (χ1n) is 6.08. The van der Waals surface area contributed by atoms with Crippen LogP contribution in [-0.2, 0) is 10.0 Å². The minimum atomic E-state index is -4.28. The van der Waals surface area contributed by atoms with Gasteiger partial charge in [-0.2, -0.15) is 0 Å². The Morgan fingerprint density at radius 2 is 2.10 bits per heavy atom. The standard InChI is InChI=1S/C12H14ClFN2O3S/c1-2-16(8-3-4-8)12(17)9-5-7(13)6-10(11(9)14)20(15,18)19/h5-6,8H,2-4H2,1H3,(H2,15,18,19). The second-order valence-corrected chi connectivity index (χ2v) is 6.60. The highest BCUT2D eigenvalue weighted by Gasteiger charge is 2.34. The van der Waals surface area contributed by atoms with Gasteiger partial charge in [-0.15, -0.1) is 0 Å². The molecule has 1 aromatic carbocycles. The summed E-state index contributed by atoms with van der Waals surface area (Å²) in [6.07, 6.45) is 1.73. The highest BCUT2D eigenvalue weighted by atomic mass is 35.5. The molecule has 0 spiro atoms. The molecule has 0 aliphatic heterocycles. The maximum atomic E-state index is 14.2. The van der Waals surface area contributed by atoms with Gasteiger partial charge in [0.1, 0.15) is 4.90 Å². The number of carbonyl (C=O) groups excluding carboxylic acids is 1. The molecule has 1 fully saturated rings. The first kappa shape index (κ1) is 15.2. The molecule has 1 amide bonds. The Kier molecular flexibility index (Phi) is 4.04. The SMILES string of the molecule is CCN(C(=O)c1cc(Cl)cc(S(N)(=O)=O)c1F)C1CC1. The number of hydrogen-bond acceptors (Lipinski definition) is 3. The van der Waals surface area contributed by atoms with E-state index in [1.54, 1.807) is 6.92 Å². The largest absolute Gasteiger partial charge is 0.336 e. The first-order chi connectivity index (χ1) is 9.25. The van der Waals surface area contributed by atoms with Crippen LogP contribution in [0.4, 0.5) is 4.39 Å². The fourth-order valence-electron chi connectivity index (χ4n) is 2.04. The molecule has 110 valence electrons. The van der Waals surface area contributed by atoms with Crippen molar-refractivity contribution in [1.82, 2.24) is 4.90 Å². The topological polar surface area (TPSA) is 80.5 Å². The van der Waals surface area contributed by atoms with E-state index in [1.165, 1.54) is 4.90 Å². The lowest BCUT2D eigenvalue weighted by Crippen LogP contribution is -2.33. The molecule has 0 aromatic heterocycles. The summed E-state index contributed by atoms with van der Waals surface area (Å²) in [5.41, 5.74) is -0.365. The predicted octanol–water partition coefficient (Wildman–Crippen LogP) is 1.75. The van der Waals surface area contributed by atoms with Gasteiger partial charge >= 0.3 is 0 Å². The zero-order valence-electron chi connectivity index (χ0n) is 10.8. The average Bonchev–Trinajstić information content (AvgIpc) is 3.15. The molecule has 5 nitrogen and oxygen atoms in total. The van der Waals surface area contributed by atoms with E-state index in [4.69, 9.17) is 16.7 Å². The lowest BCUT2D eigenvalue weighted by Gasteiger charge is -2.21. The van der Waals surface area contributed by atoms with Crippen LogP contribution < -0.4 is 5.14 Å². The van der Waals surface area contributed by atoms with Gasteiger partial charge in [0.25, 0.3) is 5.91 Å². The Morgan fingerprint density at radius 1 is 1.50 bits per heavy atom. The lowest BCUT2D eigenvalue weighted by atomic mass is 10.1. The number of rotatable bonds is 4. The quantitative estimate of drug-likeness (QED) is 0.917. The zero-order valence-corrected chi connectivity index (χ0v) is 12.3. The van der Waals surface area contributed by atoms with Gasteiger partial charge < -0.3 is 4.90 Å². The number of primary sulfonamides is 1. The van der Waals surface area contributed by atoms with Gasteiger partial charge in [0.05, 0.1) is 5.56 Å². The summed E-state index contributed by atoms with van der Waals surface area (Å²) < 4.78 is 36.9. The molecule has 0 heterocycles. The van der Waals surface area contributed by atoms with Crippen molar-refractivity contribution in [3.8, 4) is 0 Å². The van der Waals surface area contributed by atoms with Gasteiger partial charge in [0, 0.05) is 17.6 Å². The summed E-state index contributed by atoms with van der Waals surface area (Å²) in [4.78, 5) is 13.0. The zero-order chi connectivity index (χ0) is 15.1. The van der Waals surface area contributed by atoms with E-state index >= 15 is 0 Å². The minimum absolute atomic E-state index is 0.0503. The molecule has 2 N–H and O–H groups in total.